The molecule has 0 N–H and O–H groups in total. The van der Waals surface area contributed by atoms with Crippen LogP contribution >= 0.6 is 0 Å². The maximum Gasteiger partial charge on any atom is 0.182 e. The maximum absolute atomic E-state index is 8.45. The van der Waals surface area contributed by atoms with Crippen molar-refractivity contribution in [1.29, 1.82) is 0 Å². The Morgan fingerprint density at radius 2 is 0.223 bits per heavy atom. The van der Waals surface area contributed by atoms with Gasteiger partial charge in [0.05, 0.1) is 22.4 Å². The van der Waals surface area contributed by atoms with Gasteiger partial charge in [0.25, 0.3) is 0 Å². The van der Waals surface area contributed by atoms with E-state index in [0.717, 1.165) is 44.5 Å². The van der Waals surface area contributed by atoms with Gasteiger partial charge >= 0.3 is 0 Å². The van der Waals surface area contributed by atoms with Crippen molar-refractivity contribution in [2.24, 2.45) is 0 Å². The molecule has 8 nitrogen and oxygen atoms in total. The van der Waals surface area contributed by atoms with E-state index in [9.17, 15) is 0 Å². The molecule has 0 amide bonds. The summed E-state index contributed by atoms with van der Waals surface area (Å²) in [6.07, 6.45) is 0. The quantitative estimate of drug-likeness (QED) is 0.0645. The van der Waals surface area contributed by atoms with Crippen LogP contribution in [0.2, 0.25) is 0 Å². The molecular weight excluding hydrogens is 1160 g/mol. The molecule has 0 radical (unpaired) electrons. The summed E-state index contributed by atoms with van der Waals surface area (Å²) in [5.74, 6) is 0. The van der Waals surface area contributed by atoms with Gasteiger partial charge in [0, 0.05) is 66.8 Å². The minimum Gasteiger partial charge on any atom is -0.229 e. The van der Waals surface area contributed by atoms with Gasteiger partial charge in [-0.3, -0.25) is 0 Å². The smallest absolute Gasteiger partial charge is 0.182 e. The van der Waals surface area contributed by atoms with Crippen LogP contribution in [0.15, 0.2) is 0 Å². The van der Waals surface area contributed by atoms with Crippen LogP contribution < -0.4 is 0 Å². The van der Waals surface area contributed by atoms with Crippen molar-refractivity contribution in [3.63, 3.8) is 0 Å². The first-order valence-corrected chi connectivity index (χ1v) is 34.5. The van der Waals surface area contributed by atoms with Crippen LogP contribution in [0.5, 0.6) is 0 Å². The lowest BCUT2D eigenvalue weighted by molar-refractivity contribution is -0.408. The molecule has 0 heterocycles. The van der Waals surface area contributed by atoms with Gasteiger partial charge in [0.2, 0.25) is 0 Å². The highest BCUT2D eigenvalue weighted by molar-refractivity contribution is 6.80. The second kappa shape index (κ2) is 9.67. The van der Waals surface area contributed by atoms with Crippen molar-refractivity contribution < 1.29 is 39.1 Å². The summed E-state index contributed by atoms with van der Waals surface area (Å²) in [6, 6.07) is 0. The van der Waals surface area contributed by atoms with Crippen molar-refractivity contribution in [2.45, 2.75) is 128 Å². The Labute approximate surface area is 521 Å². The molecule has 28 aromatic carbocycles. The first kappa shape index (κ1) is 41.7. The molecule has 4 unspecified atom stereocenters. The first-order chi connectivity index (χ1) is 45.3. The molecule has 0 saturated heterocycles. The molecule has 4 atom stereocenters. The second-order valence-electron chi connectivity index (χ2n) is 36.6. The molecule has 28 aromatic rings. The Hall–Kier alpha value is -8.90. The van der Waals surface area contributed by atoms with Gasteiger partial charge in [-0.25, -0.2) is 39.1 Å². The highest BCUT2D eigenvalue weighted by Gasteiger charge is 2.78. The Balaban J connectivity index is 1.04. The van der Waals surface area contributed by atoms with Gasteiger partial charge in [-0.1, -0.05) is 0 Å². The summed E-state index contributed by atoms with van der Waals surface area (Å²) in [6.45, 7) is 26.0. The third kappa shape index (κ3) is 2.61. The van der Waals surface area contributed by atoms with Gasteiger partial charge in [0.1, 0.15) is 0 Å². The summed E-state index contributed by atoms with van der Waals surface area (Å²) < 4.78 is 0. The van der Waals surface area contributed by atoms with E-state index in [2.05, 4.69) is 83.1 Å². The van der Waals surface area contributed by atoms with E-state index in [1.807, 2.05) is 0 Å². The van der Waals surface area contributed by atoms with Crippen LogP contribution in [0.1, 0.15) is 150 Å². The Morgan fingerprint density at radius 3 is 0.394 bits per heavy atom. The zero-order valence-corrected chi connectivity index (χ0v) is 52.3. The number of benzene rings is 20. The molecule has 9 aliphatic rings. The largest absolute Gasteiger partial charge is 0.229 e. The average Bonchev–Trinajstić information content (AvgIpc) is 1.38. The maximum atomic E-state index is 8.45. The van der Waals surface area contributed by atoms with E-state index in [1.165, 1.54) is 313 Å². The zero-order chi connectivity index (χ0) is 59.8. The highest BCUT2D eigenvalue weighted by atomic mass is 17.2. The SMILES string of the molecule is CC(C)(C)OOC12c3c4c5c6c7c3C3(OOC(C)(C)C)c8c1c1c9c2c2c%10c%11c(c%12c%13c%14c%15c(c6c6c%16c7c3c3c7c8c8c1c1c%17c9c%10c9c%10c%11c%13c%11c%13c%14c%14c%15c6c6c%16c3c3c7c7c8c1c1c(c%179)c(c%10%11)c8c%13c9c%14c6c3c9c7c18)C5%12OOC(C)(C)C)C42OOC(C)(C)C. The molecule has 8 heteroatoms. The molecular formula is C86H36O8. The molecule has 0 aliphatic heterocycles. The van der Waals surface area contributed by atoms with Crippen molar-refractivity contribution in [2.75, 3.05) is 0 Å². The standard InChI is InChI=1S/C86H36O8/c1-79(2,3)87-91-83-67-55-43-37-23-15-16-21-14-13-17-19-18(14)26-32-29(21)40-38-24(16)22(23)30-41(43)47-48-42(30)44(38)56-54(40)58-46(32)50-34(26)36-27(19)35-33-25(17)31-28(20(13)15)39(37)53(55)57-45(31)49(33)61-63-51(35)52(36)64-62(50)72-70(58)84(92-88-80(4,5)6)68(56)60(48)66-65(59(47)67)75(83)77-78(76(66)84)86(72,94-90-82(10,11)12)74(64)73(63)85(77,71(61)69(57)83)93-89-81(7,8)9/h1-12H3. The van der Waals surface area contributed by atoms with Crippen molar-refractivity contribution in [3.8, 4) is 0 Å². The van der Waals surface area contributed by atoms with Crippen molar-refractivity contribution in [1.82, 2.24) is 0 Å². The van der Waals surface area contributed by atoms with E-state index in [4.69, 9.17) is 39.1 Å². The summed E-state index contributed by atoms with van der Waals surface area (Å²) >= 11 is 0. The van der Waals surface area contributed by atoms with E-state index in [-0.39, 0.29) is 0 Å². The third-order valence-corrected chi connectivity index (χ3v) is 29.1. The van der Waals surface area contributed by atoms with E-state index >= 15 is 0 Å². The Kier molecular flexibility index (Phi) is 4.29. The fraction of sp³-hybridized carbons (Fsp3) is 0.233. The van der Waals surface area contributed by atoms with Crippen LogP contribution in [0, 0.1) is 0 Å². The Morgan fingerprint density at radius 1 is 0.128 bits per heavy atom. The van der Waals surface area contributed by atoms with Crippen LogP contribution in [0.3, 0.4) is 0 Å². The van der Waals surface area contributed by atoms with Gasteiger partial charge in [-0.2, -0.15) is 0 Å². The van der Waals surface area contributed by atoms with Gasteiger partial charge in [-0.05, 0) is 374 Å². The second-order valence-corrected chi connectivity index (χ2v) is 36.6. The van der Waals surface area contributed by atoms with E-state index < -0.39 is 44.8 Å². The molecule has 0 aromatic heterocycles. The normalized spacial score (nSPS) is 24.3. The van der Waals surface area contributed by atoms with Crippen molar-refractivity contribution in [3.05, 3.63) is 66.8 Å². The molecule has 94 heavy (non-hydrogen) atoms. The topological polar surface area (TPSA) is 73.8 Å². The van der Waals surface area contributed by atoms with Crippen LogP contribution in [-0.2, 0) is 61.5 Å². The third-order valence-electron chi connectivity index (χ3n) is 29.1. The number of rotatable bonds is 8. The molecule has 37 rings (SSSR count). The minimum atomic E-state index is -1.41. The van der Waals surface area contributed by atoms with Crippen LogP contribution in [0.4, 0.5) is 0 Å². The van der Waals surface area contributed by atoms with Crippen LogP contribution in [-0.4, -0.2) is 22.4 Å². The minimum absolute atomic E-state index is 0.727. The highest BCUT2D eigenvalue weighted by Crippen LogP contribution is 2.88. The lowest BCUT2D eigenvalue weighted by Gasteiger charge is -2.56. The number of hydrogen-bond acceptors (Lipinski definition) is 8. The molecule has 428 valence electrons. The lowest BCUT2D eigenvalue weighted by Crippen LogP contribution is -2.56. The van der Waals surface area contributed by atoms with Gasteiger partial charge < -0.3 is 0 Å². The summed E-state index contributed by atoms with van der Waals surface area (Å²) in [4.78, 5) is 63.8. The fourth-order valence-electron chi connectivity index (χ4n) is 28.7. The van der Waals surface area contributed by atoms with E-state index in [1.54, 1.807) is 0 Å². The molecule has 0 saturated carbocycles. The van der Waals surface area contributed by atoms with Crippen LogP contribution in [0.25, 0.3) is 291 Å². The number of hydrogen-bond donors (Lipinski definition) is 0. The molecule has 9 aliphatic carbocycles. The zero-order valence-electron chi connectivity index (χ0n) is 52.3. The van der Waals surface area contributed by atoms with Gasteiger partial charge in [-0.15, -0.1) is 0 Å². The summed E-state index contributed by atoms with van der Waals surface area (Å²) in [7, 11) is 0. The Bertz CT molecular complexity index is 8410. The van der Waals surface area contributed by atoms with E-state index in [0.29, 0.717) is 0 Å². The molecule has 0 fully saturated rings. The molecule has 0 bridgehead atoms. The van der Waals surface area contributed by atoms with Crippen molar-refractivity contribution >= 4 is 291 Å². The monoisotopic (exact) mass is 1200 g/mol. The van der Waals surface area contributed by atoms with Gasteiger partial charge in [0.15, 0.2) is 22.4 Å². The fourth-order valence-corrected chi connectivity index (χ4v) is 28.7. The lowest BCUT2D eigenvalue weighted by atomic mass is 9.53. The summed E-state index contributed by atoms with van der Waals surface area (Å²) in [5, 5.41) is 76.9. The predicted octanol–water partition coefficient (Wildman–Crippen LogP) is 22.0. The summed E-state index contributed by atoms with van der Waals surface area (Å²) in [5.41, 5.74) is 5.32. The average molecular weight is 1200 g/mol. The molecule has 0 spiro atoms. The predicted molar refractivity (Wildman–Crippen MR) is 375 cm³/mol. The first-order valence-electron chi connectivity index (χ1n) is 34.5.